The van der Waals surface area contributed by atoms with Gasteiger partial charge in [0.25, 0.3) is 0 Å². The molecule has 0 aliphatic carbocycles. The molecule has 2 heteroatoms. The van der Waals surface area contributed by atoms with Gasteiger partial charge in [-0.1, -0.05) is 39.8 Å². The molecule has 2 unspecified atom stereocenters. The minimum Gasteiger partial charge on any atom is -0.151 e. The molecule has 0 aromatic carbocycles. The Hall–Kier alpha value is -0.400. The maximum atomic E-state index is 10.5. The van der Waals surface area contributed by atoms with Crippen LogP contribution in [0, 0.1) is 22.2 Å². The lowest BCUT2D eigenvalue weighted by atomic mass is 9.72. The van der Waals surface area contributed by atoms with E-state index in [2.05, 4.69) is 39.8 Å². The normalized spacial score (nSPS) is 17.2. The van der Waals surface area contributed by atoms with Gasteiger partial charge in [0.05, 0.1) is 6.04 Å². The largest absolute Gasteiger partial charge is 0.151 e. The first-order chi connectivity index (χ1) is 5.82. The average Bonchev–Trinajstić information content (AvgIpc) is 2.01. The van der Waals surface area contributed by atoms with Crippen molar-refractivity contribution in [1.82, 2.24) is 0 Å². The Morgan fingerprint density at radius 1 is 1.15 bits per heavy atom. The Morgan fingerprint density at radius 2 is 1.62 bits per heavy atom. The minimum atomic E-state index is -0.0961. The molecule has 0 saturated heterocycles. The second kappa shape index (κ2) is 4.73. The third-order valence-corrected chi connectivity index (χ3v) is 3.33. The zero-order valence-corrected chi connectivity index (χ0v) is 9.79. The molecule has 0 aromatic rings. The summed E-state index contributed by atoms with van der Waals surface area (Å²) in [4.78, 5) is 10.5. The Labute approximate surface area is 82.1 Å². The minimum absolute atomic E-state index is 0.0199. The van der Waals surface area contributed by atoms with Crippen LogP contribution in [0.3, 0.4) is 0 Å². The van der Waals surface area contributed by atoms with Gasteiger partial charge in [-0.3, -0.25) is 0 Å². The lowest BCUT2D eigenvalue weighted by Crippen LogP contribution is -2.32. The predicted octanol–water partition coefficient (Wildman–Crippen LogP) is 3.85. The van der Waals surface area contributed by atoms with Gasteiger partial charge in [-0.2, -0.15) is 4.91 Å². The molecular weight excluding hydrogens is 162 g/mol. The van der Waals surface area contributed by atoms with Crippen LogP contribution in [0.25, 0.3) is 0 Å². The van der Waals surface area contributed by atoms with E-state index in [0.29, 0.717) is 11.8 Å². The molecule has 78 valence electrons. The van der Waals surface area contributed by atoms with Crippen molar-refractivity contribution in [2.45, 2.75) is 54.0 Å². The van der Waals surface area contributed by atoms with Crippen molar-refractivity contribution in [3.05, 3.63) is 4.91 Å². The summed E-state index contributed by atoms with van der Waals surface area (Å²) < 4.78 is 0. The van der Waals surface area contributed by atoms with Gasteiger partial charge in [0.1, 0.15) is 0 Å². The average molecular weight is 185 g/mol. The van der Waals surface area contributed by atoms with E-state index in [1.54, 1.807) is 0 Å². The van der Waals surface area contributed by atoms with Crippen LogP contribution in [0.2, 0.25) is 0 Å². The third kappa shape index (κ3) is 3.45. The molecule has 0 fully saturated rings. The predicted molar refractivity (Wildman–Crippen MR) is 57.7 cm³/mol. The van der Waals surface area contributed by atoms with Crippen molar-refractivity contribution in [2.75, 3.05) is 0 Å². The summed E-state index contributed by atoms with van der Waals surface area (Å²) in [6, 6.07) is -0.0961. The first kappa shape index (κ1) is 12.6. The second-order valence-corrected chi connectivity index (χ2v) is 5.13. The highest BCUT2D eigenvalue weighted by molar-refractivity contribution is 4.85. The van der Waals surface area contributed by atoms with Crippen molar-refractivity contribution in [2.24, 2.45) is 22.4 Å². The van der Waals surface area contributed by atoms with Crippen molar-refractivity contribution < 1.29 is 0 Å². The molecule has 0 aliphatic rings. The first-order valence-corrected chi connectivity index (χ1v) is 5.14. The van der Waals surface area contributed by atoms with E-state index in [9.17, 15) is 4.91 Å². The van der Waals surface area contributed by atoms with Crippen LogP contribution in [0.1, 0.15) is 48.0 Å². The van der Waals surface area contributed by atoms with Gasteiger partial charge in [-0.05, 0) is 30.6 Å². The molecule has 0 N–H and O–H groups in total. The van der Waals surface area contributed by atoms with Gasteiger partial charge in [0, 0.05) is 0 Å². The summed E-state index contributed by atoms with van der Waals surface area (Å²) in [6.45, 7) is 12.8. The number of hydrogen-bond donors (Lipinski definition) is 0. The summed E-state index contributed by atoms with van der Waals surface area (Å²) in [5.41, 5.74) is 0.0199. The third-order valence-electron chi connectivity index (χ3n) is 3.33. The molecule has 0 saturated carbocycles. The van der Waals surface area contributed by atoms with E-state index in [1.165, 1.54) is 0 Å². The van der Waals surface area contributed by atoms with Crippen LogP contribution < -0.4 is 0 Å². The van der Waals surface area contributed by atoms with Crippen LogP contribution in [-0.4, -0.2) is 6.04 Å². The van der Waals surface area contributed by atoms with Crippen LogP contribution in [0.15, 0.2) is 5.18 Å². The highest BCUT2D eigenvalue weighted by Crippen LogP contribution is 2.36. The quantitative estimate of drug-likeness (QED) is 0.598. The van der Waals surface area contributed by atoms with E-state index < -0.39 is 0 Å². The standard InChI is InChI=1S/C11H23NO/c1-8(2)7-9(3)11(5,6)10(4)12-13/h8-10H,7H2,1-6H3. The molecule has 0 spiro atoms. The van der Waals surface area contributed by atoms with Crippen LogP contribution in [0.5, 0.6) is 0 Å². The lowest BCUT2D eigenvalue weighted by molar-refractivity contribution is 0.165. The van der Waals surface area contributed by atoms with E-state index in [-0.39, 0.29) is 11.5 Å². The molecular formula is C11H23NO. The maximum Gasteiger partial charge on any atom is 0.0944 e. The molecule has 2 nitrogen and oxygen atoms in total. The zero-order chi connectivity index (χ0) is 10.6. The molecule has 0 aliphatic heterocycles. The molecule has 2 atom stereocenters. The Balaban J connectivity index is 4.34. The fourth-order valence-corrected chi connectivity index (χ4v) is 1.56. The second-order valence-electron chi connectivity index (χ2n) is 5.13. The molecule has 0 heterocycles. The summed E-state index contributed by atoms with van der Waals surface area (Å²) in [6.07, 6.45) is 1.16. The molecule has 0 bridgehead atoms. The lowest BCUT2D eigenvalue weighted by Gasteiger charge is -2.34. The van der Waals surface area contributed by atoms with Gasteiger partial charge in [-0.25, -0.2) is 0 Å². The van der Waals surface area contributed by atoms with Crippen LogP contribution in [-0.2, 0) is 0 Å². The number of nitroso groups, excluding NO2 is 1. The highest BCUT2D eigenvalue weighted by Gasteiger charge is 2.33. The molecule has 0 aromatic heterocycles. The van der Waals surface area contributed by atoms with E-state index in [1.807, 2.05) is 6.92 Å². The van der Waals surface area contributed by atoms with Crippen molar-refractivity contribution in [1.29, 1.82) is 0 Å². The van der Waals surface area contributed by atoms with E-state index in [4.69, 9.17) is 0 Å². The molecule has 0 amide bonds. The van der Waals surface area contributed by atoms with Crippen LogP contribution in [0.4, 0.5) is 0 Å². The number of nitrogens with zero attached hydrogens (tertiary/aromatic N) is 1. The SMILES string of the molecule is CC(C)CC(C)C(C)(C)C(C)N=O. The van der Waals surface area contributed by atoms with Gasteiger partial charge < -0.3 is 0 Å². The van der Waals surface area contributed by atoms with Crippen molar-refractivity contribution in [3.63, 3.8) is 0 Å². The van der Waals surface area contributed by atoms with E-state index in [0.717, 1.165) is 6.42 Å². The van der Waals surface area contributed by atoms with Gasteiger partial charge in [-0.15, -0.1) is 0 Å². The monoisotopic (exact) mass is 185 g/mol. The van der Waals surface area contributed by atoms with Gasteiger partial charge in [0.2, 0.25) is 0 Å². The van der Waals surface area contributed by atoms with Crippen LogP contribution >= 0.6 is 0 Å². The number of hydrogen-bond acceptors (Lipinski definition) is 2. The summed E-state index contributed by atoms with van der Waals surface area (Å²) in [5, 5.41) is 3.14. The fraction of sp³-hybridized carbons (Fsp3) is 1.00. The Morgan fingerprint density at radius 3 is 1.92 bits per heavy atom. The highest BCUT2D eigenvalue weighted by atomic mass is 16.3. The maximum absolute atomic E-state index is 10.5. The molecule has 0 rings (SSSR count). The van der Waals surface area contributed by atoms with Crippen molar-refractivity contribution >= 4 is 0 Å². The summed E-state index contributed by atoms with van der Waals surface area (Å²) in [5.74, 6) is 1.23. The van der Waals surface area contributed by atoms with E-state index >= 15 is 0 Å². The topological polar surface area (TPSA) is 29.4 Å². The smallest absolute Gasteiger partial charge is 0.0944 e. The van der Waals surface area contributed by atoms with Crippen molar-refractivity contribution in [3.8, 4) is 0 Å². The summed E-state index contributed by atoms with van der Waals surface area (Å²) in [7, 11) is 0. The number of rotatable bonds is 5. The van der Waals surface area contributed by atoms with Gasteiger partial charge >= 0.3 is 0 Å². The molecule has 0 radical (unpaired) electrons. The Bertz CT molecular complexity index is 163. The Kier molecular flexibility index (Phi) is 4.58. The molecule has 13 heavy (non-hydrogen) atoms. The zero-order valence-electron chi connectivity index (χ0n) is 9.79. The fourth-order valence-electron chi connectivity index (χ4n) is 1.56. The summed E-state index contributed by atoms with van der Waals surface area (Å²) >= 11 is 0. The van der Waals surface area contributed by atoms with Gasteiger partial charge in [0.15, 0.2) is 0 Å². The first-order valence-electron chi connectivity index (χ1n) is 5.14.